The van der Waals surface area contributed by atoms with Gasteiger partial charge in [0.1, 0.15) is 11.3 Å². The minimum Gasteiger partial charge on any atom is -0.442 e. The van der Waals surface area contributed by atoms with Crippen molar-refractivity contribution >= 4 is 22.8 Å². The minimum atomic E-state index is -0.625. The Labute approximate surface area is 186 Å². The van der Waals surface area contributed by atoms with Gasteiger partial charge in [0.05, 0.1) is 17.8 Å². The molecule has 0 radical (unpaired) electrons. The van der Waals surface area contributed by atoms with Gasteiger partial charge in [-0.05, 0) is 51.3 Å². The van der Waals surface area contributed by atoms with Crippen molar-refractivity contribution in [3.05, 3.63) is 59.8 Å². The van der Waals surface area contributed by atoms with Crippen molar-refractivity contribution in [3.8, 4) is 11.3 Å². The van der Waals surface area contributed by atoms with E-state index in [1.165, 1.54) is 10.2 Å². The van der Waals surface area contributed by atoms with Crippen molar-refractivity contribution in [1.29, 1.82) is 0 Å². The van der Waals surface area contributed by atoms with Crippen molar-refractivity contribution < 1.29 is 9.53 Å². The molecule has 2 N–H and O–H groups in total. The van der Waals surface area contributed by atoms with Gasteiger partial charge < -0.3 is 10.5 Å². The molecule has 32 heavy (non-hydrogen) atoms. The molecule has 1 fully saturated rings. The molecule has 1 saturated carbocycles. The first-order valence-corrected chi connectivity index (χ1v) is 10.8. The van der Waals surface area contributed by atoms with Gasteiger partial charge in [0.2, 0.25) is 0 Å². The van der Waals surface area contributed by atoms with Crippen LogP contribution in [0.15, 0.2) is 48.5 Å². The van der Waals surface area contributed by atoms with E-state index in [1.807, 2.05) is 61.9 Å². The molecule has 8 nitrogen and oxygen atoms in total. The number of hydrogen-bond donors (Lipinski definition) is 1. The number of nitrogens with zero attached hydrogens (tertiary/aromatic N) is 5. The van der Waals surface area contributed by atoms with Gasteiger partial charge in [0, 0.05) is 16.9 Å². The number of carbonyl (C=O) groups is 1. The summed E-state index contributed by atoms with van der Waals surface area (Å²) in [6.07, 6.45) is 1.71. The van der Waals surface area contributed by atoms with Crippen molar-refractivity contribution in [2.24, 2.45) is 0 Å². The van der Waals surface area contributed by atoms with E-state index in [-0.39, 0.29) is 5.82 Å². The average molecular weight is 431 g/mol. The molecule has 0 amide bonds. The van der Waals surface area contributed by atoms with Crippen LogP contribution in [0, 0.1) is 0 Å². The summed E-state index contributed by atoms with van der Waals surface area (Å²) in [4.78, 5) is 12.6. The number of anilines is 1. The lowest BCUT2D eigenvalue weighted by Crippen LogP contribution is -2.27. The van der Waals surface area contributed by atoms with Crippen LogP contribution in [0.1, 0.15) is 50.8 Å². The monoisotopic (exact) mass is 430 g/mol. The molecule has 0 spiro atoms. The van der Waals surface area contributed by atoms with Gasteiger partial charge in [0.25, 0.3) is 0 Å². The first-order valence-electron chi connectivity index (χ1n) is 10.8. The van der Waals surface area contributed by atoms with Gasteiger partial charge in [-0.2, -0.15) is 4.68 Å². The number of aromatic nitrogens is 5. The second-order valence-corrected chi connectivity index (χ2v) is 9.25. The van der Waals surface area contributed by atoms with E-state index in [9.17, 15) is 4.79 Å². The standard InChI is InChI=1S/C24H26N6O2/c1-24(2,3)32-23(31)30-19-12-11-17(13-18(19)22(25)27-30)20-21(16-9-10-16)29(28-26-20)14-15-7-5-4-6-8-15/h4-8,11-13,16H,9-10,14H2,1-3H3,(H2,25,27). The van der Waals surface area contributed by atoms with Crippen molar-refractivity contribution in [3.63, 3.8) is 0 Å². The highest BCUT2D eigenvalue weighted by atomic mass is 16.6. The molecule has 1 aliphatic rings. The van der Waals surface area contributed by atoms with Crippen LogP contribution in [0.2, 0.25) is 0 Å². The van der Waals surface area contributed by atoms with Gasteiger partial charge in [-0.15, -0.1) is 10.2 Å². The molecule has 5 rings (SSSR count). The lowest BCUT2D eigenvalue weighted by molar-refractivity contribution is 0.0523. The smallest absolute Gasteiger partial charge is 0.435 e. The van der Waals surface area contributed by atoms with Crippen LogP contribution in [0.3, 0.4) is 0 Å². The predicted octanol–water partition coefficient (Wildman–Crippen LogP) is 4.59. The van der Waals surface area contributed by atoms with Crippen LogP contribution in [-0.4, -0.2) is 36.5 Å². The van der Waals surface area contributed by atoms with Crippen LogP contribution in [0.5, 0.6) is 0 Å². The van der Waals surface area contributed by atoms with Crippen LogP contribution < -0.4 is 5.73 Å². The zero-order chi connectivity index (χ0) is 22.5. The summed E-state index contributed by atoms with van der Waals surface area (Å²) in [7, 11) is 0. The molecule has 2 aromatic heterocycles. The molecular weight excluding hydrogens is 404 g/mol. The van der Waals surface area contributed by atoms with Gasteiger partial charge in [-0.3, -0.25) is 0 Å². The van der Waals surface area contributed by atoms with E-state index in [0.717, 1.165) is 29.8 Å². The van der Waals surface area contributed by atoms with E-state index >= 15 is 0 Å². The summed E-state index contributed by atoms with van der Waals surface area (Å²) in [5.41, 5.74) is 10.2. The number of nitrogens with two attached hydrogens (primary N) is 1. The number of nitrogen functional groups attached to an aromatic ring is 1. The maximum absolute atomic E-state index is 12.6. The maximum atomic E-state index is 12.6. The van der Waals surface area contributed by atoms with Crippen molar-refractivity contribution in [2.45, 2.75) is 51.7 Å². The van der Waals surface area contributed by atoms with Crippen LogP contribution in [0.25, 0.3) is 22.2 Å². The van der Waals surface area contributed by atoms with E-state index in [2.05, 4.69) is 27.5 Å². The molecule has 2 heterocycles. The number of ether oxygens (including phenoxy) is 1. The molecule has 0 atom stereocenters. The summed E-state index contributed by atoms with van der Waals surface area (Å²) < 4.78 is 8.68. The molecule has 8 heteroatoms. The molecule has 0 unspecified atom stereocenters. The molecule has 0 saturated heterocycles. The Morgan fingerprint density at radius 3 is 2.59 bits per heavy atom. The molecule has 0 aliphatic heterocycles. The lowest BCUT2D eigenvalue weighted by atomic mass is 10.1. The van der Waals surface area contributed by atoms with Gasteiger partial charge >= 0.3 is 6.09 Å². The SMILES string of the molecule is CC(C)(C)OC(=O)n1nc(N)c2cc(-c3nnn(Cc4ccccc4)c3C3CC3)ccc21. The maximum Gasteiger partial charge on any atom is 0.435 e. The first-order chi connectivity index (χ1) is 15.3. The Bertz CT molecular complexity index is 1300. The molecular formula is C24H26N6O2. The summed E-state index contributed by atoms with van der Waals surface area (Å²) in [6, 6.07) is 16.0. The summed E-state index contributed by atoms with van der Waals surface area (Å²) in [5, 5.41) is 13.9. The first kappa shape index (κ1) is 20.2. The highest BCUT2D eigenvalue weighted by molar-refractivity contribution is 5.97. The Hall–Kier alpha value is -3.68. The number of carbonyl (C=O) groups excluding carboxylic acids is 1. The normalized spacial score (nSPS) is 14.1. The molecule has 164 valence electrons. The average Bonchev–Trinajstić information content (AvgIpc) is 3.42. The molecule has 2 aromatic carbocycles. The molecule has 4 aromatic rings. The number of benzene rings is 2. The minimum absolute atomic E-state index is 0.275. The van der Waals surface area contributed by atoms with Crippen LogP contribution in [0.4, 0.5) is 10.6 Å². The van der Waals surface area contributed by atoms with E-state index < -0.39 is 11.7 Å². The number of fused-ring (bicyclic) bond motifs is 1. The van der Waals surface area contributed by atoms with Crippen LogP contribution in [-0.2, 0) is 11.3 Å². The Morgan fingerprint density at radius 2 is 1.91 bits per heavy atom. The van der Waals surface area contributed by atoms with E-state index in [0.29, 0.717) is 23.4 Å². The quantitative estimate of drug-likeness (QED) is 0.508. The van der Waals surface area contributed by atoms with Crippen molar-refractivity contribution in [1.82, 2.24) is 24.8 Å². The van der Waals surface area contributed by atoms with Gasteiger partial charge in [0.15, 0.2) is 5.82 Å². The fraction of sp³-hybridized carbons (Fsp3) is 0.333. The lowest BCUT2D eigenvalue weighted by Gasteiger charge is -2.19. The largest absolute Gasteiger partial charge is 0.442 e. The summed E-state index contributed by atoms with van der Waals surface area (Å²) >= 11 is 0. The van der Waals surface area contributed by atoms with Gasteiger partial charge in [-0.1, -0.05) is 41.6 Å². The fourth-order valence-corrected chi connectivity index (χ4v) is 3.89. The Morgan fingerprint density at radius 1 is 1.16 bits per heavy atom. The second-order valence-electron chi connectivity index (χ2n) is 9.25. The Balaban J connectivity index is 1.53. The van der Waals surface area contributed by atoms with Gasteiger partial charge in [-0.25, -0.2) is 9.48 Å². The molecule has 1 aliphatic carbocycles. The topological polar surface area (TPSA) is 101 Å². The molecule has 0 bridgehead atoms. The predicted molar refractivity (Wildman–Crippen MR) is 122 cm³/mol. The summed E-state index contributed by atoms with van der Waals surface area (Å²) in [6.45, 7) is 6.13. The number of hydrogen-bond acceptors (Lipinski definition) is 6. The third-order valence-corrected chi connectivity index (χ3v) is 5.46. The van der Waals surface area contributed by atoms with Crippen LogP contribution >= 0.6 is 0 Å². The zero-order valence-corrected chi connectivity index (χ0v) is 18.4. The third kappa shape index (κ3) is 3.84. The highest BCUT2D eigenvalue weighted by Gasteiger charge is 2.32. The Kier molecular flexibility index (Phi) is 4.73. The third-order valence-electron chi connectivity index (χ3n) is 5.46. The van der Waals surface area contributed by atoms with E-state index in [1.54, 1.807) is 0 Å². The fourth-order valence-electron chi connectivity index (χ4n) is 3.89. The van der Waals surface area contributed by atoms with E-state index in [4.69, 9.17) is 10.5 Å². The van der Waals surface area contributed by atoms with Crippen molar-refractivity contribution in [2.75, 3.05) is 5.73 Å². The number of rotatable bonds is 4. The highest BCUT2D eigenvalue weighted by Crippen LogP contribution is 2.44. The zero-order valence-electron chi connectivity index (χ0n) is 18.4. The summed E-state index contributed by atoms with van der Waals surface area (Å²) in [5.74, 6) is 0.735. The second kappa shape index (κ2) is 7.47.